The topological polar surface area (TPSA) is 49.3 Å². The van der Waals surface area contributed by atoms with Crippen LogP contribution in [0.25, 0.3) is 0 Å². The molecule has 29 heavy (non-hydrogen) atoms. The number of allylic oxidation sites excluding steroid dienone is 2. The van der Waals surface area contributed by atoms with Crippen molar-refractivity contribution in [3.8, 4) is 0 Å². The van der Waals surface area contributed by atoms with Gasteiger partial charge in [-0.05, 0) is 32.1 Å². The molecule has 0 aliphatic heterocycles. The SMILES string of the molecule is CCCCCCCC/C=C\CCCCCCCC(=O)NCCC[N+](C)(C)CCO. The maximum Gasteiger partial charge on any atom is 0.219 e. The Hall–Kier alpha value is -0.870. The van der Waals surface area contributed by atoms with Crippen molar-refractivity contribution in [1.82, 2.24) is 5.32 Å². The summed E-state index contributed by atoms with van der Waals surface area (Å²) >= 11 is 0. The number of carbonyl (C=O) groups is 1. The van der Waals surface area contributed by atoms with Crippen LogP contribution in [0.5, 0.6) is 0 Å². The van der Waals surface area contributed by atoms with Crippen LogP contribution in [-0.4, -0.2) is 55.8 Å². The second kappa shape index (κ2) is 20.4. The van der Waals surface area contributed by atoms with Crippen molar-refractivity contribution >= 4 is 5.91 Å². The zero-order valence-corrected chi connectivity index (χ0v) is 19.9. The van der Waals surface area contributed by atoms with Crippen LogP contribution in [0.1, 0.15) is 103 Å². The normalized spacial score (nSPS) is 12.0. The van der Waals surface area contributed by atoms with Crippen LogP contribution in [0.4, 0.5) is 0 Å². The van der Waals surface area contributed by atoms with Crippen molar-refractivity contribution in [2.75, 3.05) is 40.3 Å². The van der Waals surface area contributed by atoms with Crippen molar-refractivity contribution in [2.45, 2.75) is 103 Å². The summed E-state index contributed by atoms with van der Waals surface area (Å²) in [5.41, 5.74) is 0. The lowest BCUT2D eigenvalue weighted by molar-refractivity contribution is -0.890. The van der Waals surface area contributed by atoms with E-state index in [-0.39, 0.29) is 12.5 Å². The van der Waals surface area contributed by atoms with Gasteiger partial charge in [0.05, 0.1) is 27.2 Å². The zero-order chi connectivity index (χ0) is 21.6. The van der Waals surface area contributed by atoms with Gasteiger partial charge in [0.1, 0.15) is 6.54 Å². The number of likely N-dealkylation sites (N-methyl/N-ethyl adjacent to an activating group) is 1. The third-order valence-corrected chi connectivity index (χ3v) is 5.63. The largest absolute Gasteiger partial charge is 0.391 e. The van der Waals surface area contributed by atoms with Crippen molar-refractivity contribution in [2.24, 2.45) is 0 Å². The highest BCUT2D eigenvalue weighted by Crippen LogP contribution is 2.10. The number of amides is 1. The highest BCUT2D eigenvalue weighted by Gasteiger charge is 2.13. The molecule has 2 N–H and O–H groups in total. The van der Waals surface area contributed by atoms with Gasteiger partial charge < -0.3 is 14.9 Å². The van der Waals surface area contributed by atoms with Crippen LogP contribution in [-0.2, 0) is 4.79 Å². The van der Waals surface area contributed by atoms with Crippen LogP contribution in [0, 0.1) is 0 Å². The zero-order valence-electron chi connectivity index (χ0n) is 19.9. The first-order valence-electron chi connectivity index (χ1n) is 12.4. The van der Waals surface area contributed by atoms with E-state index in [0.29, 0.717) is 6.42 Å². The van der Waals surface area contributed by atoms with Crippen LogP contribution in [0.3, 0.4) is 0 Å². The van der Waals surface area contributed by atoms with Crippen LogP contribution in [0.2, 0.25) is 0 Å². The second-order valence-electron chi connectivity index (χ2n) is 9.14. The summed E-state index contributed by atoms with van der Waals surface area (Å²) in [5.74, 6) is 0.190. The molecule has 0 saturated carbocycles. The highest BCUT2D eigenvalue weighted by atomic mass is 16.3. The highest BCUT2D eigenvalue weighted by molar-refractivity contribution is 5.75. The molecule has 0 aromatic rings. The first-order valence-corrected chi connectivity index (χ1v) is 12.4. The quantitative estimate of drug-likeness (QED) is 0.147. The molecule has 0 unspecified atom stereocenters. The molecule has 0 aliphatic rings. The molecule has 0 radical (unpaired) electrons. The van der Waals surface area contributed by atoms with E-state index in [0.717, 1.165) is 43.4 Å². The molecule has 0 bridgehead atoms. The predicted molar refractivity (Wildman–Crippen MR) is 126 cm³/mol. The predicted octanol–water partition coefficient (Wildman–Crippen LogP) is 5.60. The standard InChI is InChI=1S/C25H50N2O2/c1-4-5-6-7-8-9-10-11-12-13-14-15-16-17-18-20-25(29)26-21-19-22-27(2,3)23-24-28/h11-12,28H,4-10,13-24H2,1-3H3/p+1/b12-11-. The lowest BCUT2D eigenvalue weighted by Crippen LogP contribution is -2.43. The Bertz CT molecular complexity index is 394. The number of aliphatic hydroxyl groups excluding tert-OH is 1. The molecule has 0 rings (SSSR count). The third-order valence-electron chi connectivity index (χ3n) is 5.63. The molecule has 0 aliphatic carbocycles. The summed E-state index contributed by atoms with van der Waals surface area (Å²) in [4.78, 5) is 11.9. The number of nitrogens with one attached hydrogen (secondary N) is 1. The third kappa shape index (κ3) is 21.7. The number of carbonyl (C=O) groups excluding carboxylic acids is 1. The van der Waals surface area contributed by atoms with E-state index in [4.69, 9.17) is 5.11 Å². The van der Waals surface area contributed by atoms with Gasteiger partial charge in [-0.15, -0.1) is 0 Å². The number of aliphatic hydroxyl groups is 1. The fourth-order valence-electron chi connectivity index (χ4n) is 3.56. The Balaban J connectivity index is 3.33. The molecule has 0 saturated heterocycles. The molecule has 4 nitrogen and oxygen atoms in total. The summed E-state index contributed by atoms with van der Waals surface area (Å²) in [5, 5.41) is 12.0. The van der Waals surface area contributed by atoms with Crippen molar-refractivity contribution in [3.63, 3.8) is 0 Å². The first-order chi connectivity index (χ1) is 14.0. The van der Waals surface area contributed by atoms with Crippen molar-refractivity contribution in [1.29, 1.82) is 0 Å². The Morgan fingerprint density at radius 3 is 1.93 bits per heavy atom. The van der Waals surface area contributed by atoms with E-state index in [9.17, 15) is 4.79 Å². The van der Waals surface area contributed by atoms with Crippen molar-refractivity contribution < 1.29 is 14.4 Å². The number of rotatable bonds is 21. The number of hydrogen-bond donors (Lipinski definition) is 2. The summed E-state index contributed by atoms with van der Waals surface area (Å²) in [6, 6.07) is 0. The van der Waals surface area contributed by atoms with E-state index < -0.39 is 0 Å². The Kier molecular flexibility index (Phi) is 19.8. The Morgan fingerprint density at radius 2 is 1.34 bits per heavy atom. The molecule has 1 amide bonds. The molecule has 172 valence electrons. The van der Waals surface area contributed by atoms with Crippen LogP contribution < -0.4 is 5.32 Å². The average molecular weight is 412 g/mol. The average Bonchev–Trinajstić information content (AvgIpc) is 2.68. The molecule has 0 fully saturated rings. The van der Waals surface area contributed by atoms with Gasteiger partial charge in [0.15, 0.2) is 0 Å². The lowest BCUT2D eigenvalue weighted by atomic mass is 10.1. The number of unbranched alkanes of at least 4 members (excludes halogenated alkanes) is 11. The minimum atomic E-state index is 0.190. The van der Waals surface area contributed by atoms with Gasteiger partial charge in [-0.1, -0.05) is 70.4 Å². The van der Waals surface area contributed by atoms with Crippen molar-refractivity contribution in [3.05, 3.63) is 12.2 Å². The minimum absolute atomic E-state index is 0.190. The summed E-state index contributed by atoms with van der Waals surface area (Å²) in [7, 11) is 4.23. The molecular formula is C25H51N2O2+. The fourth-order valence-corrected chi connectivity index (χ4v) is 3.56. The van der Waals surface area contributed by atoms with E-state index >= 15 is 0 Å². The monoisotopic (exact) mass is 411 g/mol. The van der Waals surface area contributed by atoms with Gasteiger partial charge in [-0.25, -0.2) is 0 Å². The van der Waals surface area contributed by atoms with Gasteiger partial charge in [-0.2, -0.15) is 0 Å². The lowest BCUT2D eigenvalue weighted by Gasteiger charge is -2.28. The maximum atomic E-state index is 11.9. The summed E-state index contributed by atoms with van der Waals surface area (Å²) in [6.07, 6.45) is 23.1. The molecule has 0 heterocycles. The van der Waals surface area contributed by atoms with Gasteiger partial charge in [0.25, 0.3) is 0 Å². The first kappa shape index (κ1) is 28.1. The summed E-state index contributed by atoms with van der Waals surface area (Å²) < 4.78 is 0.806. The molecule has 0 aromatic carbocycles. The molecule has 4 heteroatoms. The van der Waals surface area contributed by atoms with Gasteiger partial charge in [0.2, 0.25) is 5.91 Å². The Labute approximate surface area is 181 Å². The van der Waals surface area contributed by atoms with Gasteiger partial charge in [-0.3, -0.25) is 4.79 Å². The van der Waals surface area contributed by atoms with E-state index in [2.05, 4.69) is 38.5 Å². The smallest absolute Gasteiger partial charge is 0.219 e. The van der Waals surface area contributed by atoms with E-state index in [1.807, 2.05) is 0 Å². The number of hydrogen-bond acceptors (Lipinski definition) is 2. The van der Waals surface area contributed by atoms with Gasteiger partial charge in [0, 0.05) is 19.4 Å². The fraction of sp³-hybridized carbons (Fsp3) is 0.880. The number of nitrogens with zero attached hydrogens (tertiary/aromatic N) is 1. The van der Waals surface area contributed by atoms with Crippen LogP contribution in [0.15, 0.2) is 12.2 Å². The van der Waals surface area contributed by atoms with Gasteiger partial charge >= 0.3 is 0 Å². The molecule has 0 spiro atoms. The minimum Gasteiger partial charge on any atom is -0.391 e. The summed E-state index contributed by atoms with van der Waals surface area (Å²) in [6.45, 7) is 4.98. The number of quaternary nitrogens is 1. The second-order valence-corrected chi connectivity index (χ2v) is 9.14. The maximum absolute atomic E-state index is 11.9. The van der Waals surface area contributed by atoms with Crippen LogP contribution >= 0.6 is 0 Å². The molecule has 0 atom stereocenters. The van der Waals surface area contributed by atoms with E-state index in [1.54, 1.807) is 0 Å². The van der Waals surface area contributed by atoms with E-state index in [1.165, 1.54) is 70.6 Å². The molecular weight excluding hydrogens is 360 g/mol. The Morgan fingerprint density at radius 1 is 0.793 bits per heavy atom. The molecule has 0 aromatic heterocycles.